The molecule has 0 aromatic carbocycles. The molecule has 0 aromatic rings. The average molecular weight is 553 g/mol. The van der Waals surface area contributed by atoms with Crippen LogP contribution in [0.15, 0.2) is 23.8 Å². The normalized spacial score (nSPS) is 34.4. The van der Waals surface area contributed by atoms with Crippen molar-refractivity contribution >= 4 is 45.4 Å². The van der Waals surface area contributed by atoms with Gasteiger partial charge < -0.3 is 14.2 Å². The fourth-order valence-electron chi connectivity index (χ4n) is 6.11. The van der Waals surface area contributed by atoms with Gasteiger partial charge in [0.2, 0.25) is 0 Å². The number of carbonyl (C=O) groups excluding carboxylic acids is 5. The van der Waals surface area contributed by atoms with Crippen molar-refractivity contribution in [2.45, 2.75) is 78.6 Å². The summed E-state index contributed by atoms with van der Waals surface area (Å²) >= 11 is 3.10. The molecule has 1 fully saturated rings. The number of carbonyl (C=O) groups is 5. The van der Waals surface area contributed by atoms with Gasteiger partial charge in [-0.15, -0.1) is 0 Å². The molecular weight excluding hydrogens is 520 g/mol. The summed E-state index contributed by atoms with van der Waals surface area (Å²) in [5.74, 6) is -2.87. The first-order valence-corrected chi connectivity index (χ1v) is 12.9. The van der Waals surface area contributed by atoms with Crippen molar-refractivity contribution in [3.63, 3.8) is 0 Å². The molecule has 8 nitrogen and oxygen atoms in total. The molecule has 0 aromatic heterocycles. The maximum Gasteiger partial charge on any atom is 0.317 e. The molecule has 0 N–H and O–H groups in total. The lowest BCUT2D eigenvalue weighted by atomic mass is 9.50. The quantitative estimate of drug-likeness (QED) is 0.225. The van der Waals surface area contributed by atoms with Gasteiger partial charge in [-0.2, -0.15) is 0 Å². The maximum atomic E-state index is 13.9. The highest BCUT2D eigenvalue weighted by atomic mass is 79.9. The highest BCUT2D eigenvalue weighted by Crippen LogP contribution is 2.57. The van der Waals surface area contributed by atoms with Gasteiger partial charge in [0, 0.05) is 43.6 Å². The number of rotatable bonds is 4. The first-order chi connectivity index (χ1) is 16.2. The van der Waals surface area contributed by atoms with Crippen molar-refractivity contribution in [1.29, 1.82) is 0 Å². The van der Waals surface area contributed by atoms with E-state index in [1.54, 1.807) is 13.0 Å². The molecule has 1 saturated carbocycles. The summed E-state index contributed by atoms with van der Waals surface area (Å²) in [6.45, 7) is 12.1. The van der Waals surface area contributed by atoms with Gasteiger partial charge in [-0.3, -0.25) is 24.0 Å². The summed E-state index contributed by atoms with van der Waals surface area (Å²) in [5.41, 5.74) is -1.22. The third-order valence-corrected chi connectivity index (χ3v) is 8.47. The van der Waals surface area contributed by atoms with E-state index in [2.05, 4.69) is 22.5 Å². The Morgan fingerprint density at radius 2 is 1.63 bits per heavy atom. The SMILES string of the molecule is C=C1C(=O)C2=CC1CCC(=O)C1(C)C(OC(C)=O)CC(OC(C)=O)C(C)(C)C1CC2OC(=O)CBr. The van der Waals surface area contributed by atoms with E-state index in [-0.39, 0.29) is 42.1 Å². The van der Waals surface area contributed by atoms with Crippen LogP contribution < -0.4 is 0 Å². The second kappa shape index (κ2) is 9.99. The summed E-state index contributed by atoms with van der Waals surface area (Å²) < 4.78 is 17.1. The van der Waals surface area contributed by atoms with Crippen LogP contribution in [0.3, 0.4) is 0 Å². The molecule has 0 heterocycles. The summed E-state index contributed by atoms with van der Waals surface area (Å²) in [7, 11) is 0. The van der Waals surface area contributed by atoms with Crippen LogP contribution in [0, 0.1) is 22.7 Å². The Labute approximate surface area is 213 Å². The van der Waals surface area contributed by atoms with Gasteiger partial charge >= 0.3 is 17.9 Å². The first kappa shape index (κ1) is 27.3. The van der Waals surface area contributed by atoms with Crippen molar-refractivity contribution in [2.24, 2.45) is 22.7 Å². The van der Waals surface area contributed by atoms with Crippen LogP contribution in [-0.4, -0.2) is 53.1 Å². The summed E-state index contributed by atoms with van der Waals surface area (Å²) in [5, 5.41) is -0.0637. The lowest BCUT2D eigenvalue weighted by molar-refractivity contribution is -0.204. The van der Waals surface area contributed by atoms with Crippen molar-refractivity contribution in [3.8, 4) is 0 Å². The number of ether oxygens (including phenoxy) is 3. The van der Waals surface area contributed by atoms with Crippen LogP contribution >= 0.6 is 15.9 Å². The van der Waals surface area contributed by atoms with E-state index in [9.17, 15) is 24.0 Å². The topological polar surface area (TPSA) is 113 Å². The van der Waals surface area contributed by atoms with E-state index in [0.717, 1.165) is 0 Å². The van der Waals surface area contributed by atoms with Gasteiger partial charge in [0.15, 0.2) is 5.78 Å². The van der Waals surface area contributed by atoms with Crippen molar-refractivity contribution < 1.29 is 38.2 Å². The van der Waals surface area contributed by atoms with Crippen LogP contribution in [0.25, 0.3) is 0 Å². The number of allylic oxidation sites excluding steroid dienone is 2. The smallest absolute Gasteiger partial charge is 0.317 e. The molecule has 2 bridgehead atoms. The van der Waals surface area contributed by atoms with Crippen LogP contribution in [0.4, 0.5) is 0 Å². The van der Waals surface area contributed by atoms with Crippen LogP contribution in [-0.2, 0) is 38.2 Å². The third-order valence-electron chi connectivity index (χ3n) is 8.01. The van der Waals surface area contributed by atoms with Gasteiger partial charge in [-0.25, -0.2) is 0 Å². The molecular formula is C26H33BrO8. The zero-order chi connectivity index (χ0) is 26.3. The van der Waals surface area contributed by atoms with Crippen molar-refractivity contribution in [1.82, 2.24) is 0 Å². The molecule has 0 saturated heterocycles. The van der Waals surface area contributed by atoms with Crippen molar-refractivity contribution in [3.05, 3.63) is 23.8 Å². The zero-order valence-electron chi connectivity index (χ0n) is 20.9. The Morgan fingerprint density at radius 1 is 1.03 bits per heavy atom. The minimum absolute atomic E-state index is 0.0637. The number of halogens is 1. The largest absolute Gasteiger partial charge is 0.462 e. The molecule has 0 radical (unpaired) electrons. The predicted octanol–water partition coefficient (Wildman–Crippen LogP) is 3.64. The van der Waals surface area contributed by atoms with Gasteiger partial charge in [-0.1, -0.05) is 42.4 Å². The van der Waals surface area contributed by atoms with E-state index in [4.69, 9.17) is 14.2 Å². The Balaban J connectivity index is 2.19. The lowest BCUT2D eigenvalue weighted by Gasteiger charge is -2.56. The van der Waals surface area contributed by atoms with E-state index < -0.39 is 53.0 Å². The van der Waals surface area contributed by atoms with E-state index in [1.807, 2.05) is 13.8 Å². The standard InChI is InChI=1S/C26H33BrO8/c1-13-16-7-8-20(30)26(6)19(10-18(35-23(31)12-27)17(9-16)24(13)32)25(4,5)21(33-14(2)28)11-22(26)34-15(3)29/h9,16,18-19,21-22H,1,7-8,10-12H2,2-6H3. The van der Waals surface area contributed by atoms with E-state index in [1.165, 1.54) is 13.8 Å². The minimum Gasteiger partial charge on any atom is -0.462 e. The average Bonchev–Trinajstić information content (AvgIpc) is 3.04. The molecule has 192 valence electrons. The third kappa shape index (κ3) is 5.01. The number of Topliss-reactive ketones (excluding diaryl/α,β-unsaturated/α-hetero) is 2. The zero-order valence-corrected chi connectivity index (χ0v) is 22.4. The molecule has 9 heteroatoms. The Hall–Kier alpha value is -2.29. The van der Waals surface area contributed by atoms with Gasteiger partial charge in [0.05, 0.1) is 5.41 Å². The first-order valence-electron chi connectivity index (χ1n) is 11.8. The number of hydrogen-bond acceptors (Lipinski definition) is 8. The number of alkyl halides is 1. The maximum absolute atomic E-state index is 13.9. The Bertz CT molecular complexity index is 995. The van der Waals surface area contributed by atoms with Crippen molar-refractivity contribution in [2.75, 3.05) is 5.33 Å². The second-order valence-corrected chi connectivity index (χ2v) is 11.0. The number of esters is 3. The van der Waals surface area contributed by atoms with Crippen LogP contribution in [0.2, 0.25) is 0 Å². The van der Waals surface area contributed by atoms with Crippen LogP contribution in [0.5, 0.6) is 0 Å². The molecule has 6 unspecified atom stereocenters. The van der Waals surface area contributed by atoms with Gasteiger partial charge in [0.1, 0.15) is 29.4 Å². The fourth-order valence-corrected chi connectivity index (χ4v) is 6.25. The van der Waals surface area contributed by atoms with Gasteiger partial charge in [-0.05, 0) is 31.3 Å². The summed E-state index contributed by atoms with van der Waals surface area (Å²) in [6.07, 6.45) is 0.109. The van der Waals surface area contributed by atoms with E-state index >= 15 is 0 Å². The predicted molar refractivity (Wildman–Crippen MR) is 129 cm³/mol. The fraction of sp³-hybridized carbons (Fsp3) is 0.654. The molecule has 3 aliphatic rings. The molecule has 35 heavy (non-hydrogen) atoms. The number of fused-ring (bicyclic) bond motifs is 2. The second-order valence-electron chi connectivity index (χ2n) is 10.5. The molecule has 3 aliphatic carbocycles. The summed E-state index contributed by atoms with van der Waals surface area (Å²) in [4.78, 5) is 63.4. The lowest BCUT2D eigenvalue weighted by Crippen LogP contribution is -2.62. The molecule has 0 aliphatic heterocycles. The Kier molecular flexibility index (Phi) is 7.79. The monoisotopic (exact) mass is 552 g/mol. The summed E-state index contributed by atoms with van der Waals surface area (Å²) in [6, 6.07) is 0. The van der Waals surface area contributed by atoms with E-state index in [0.29, 0.717) is 17.6 Å². The number of ketones is 2. The Morgan fingerprint density at radius 3 is 2.20 bits per heavy atom. The highest BCUT2D eigenvalue weighted by molar-refractivity contribution is 9.09. The van der Waals surface area contributed by atoms with Gasteiger partial charge in [0.25, 0.3) is 0 Å². The molecule has 6 atom stereocenters. The molecule has 3 rings (SSSR count). The molecule has 0 amide bonds. The molecule has 0 spiro atoms. The minimum atomic E-state index is -1.16. The highest BCUT2D eigenvalue weighted by Gasteiger charge is 2.62. The van der Waals surface area contributed by atoms with Crippen LogP contribution in [0.1, 0.15) is 60.3 Å². The number of hydrogen-bond donors (Lipinski definition) is 0.